The monoisotopic (exact) mass is 344 g/mol. The maximum absolute atomic E-state index is 12.4. The van der Waals surface area contributed by atoms with Crippen LogP contribution in [0.1, 0.15) is 39.1 Å². The molecule has 0 unspecified atom stereocenters. The lowest BCUT2D eigenvalue weighted by Gasteiger charge is -2.08. The largest absolute Gasteiger partial charge is 0.360 e. The van der Waals surface area contributed by atoms with Gasteiger partial charge in [-0.3, -0.25) is 14.4 Å². The molecular weight excluding hydrogens is 324 g/mol. The van der Waals surface area contributed by atoms with Gasteiger partial charge in [0.25, 0.3) is 11.8 Å². The highest BCUT2D eigenvalue weighted by Gasteiger charge is 2.19. The summed E-state index contributed by atoms with van der Waals surface area (Å²) in [6.07, 6.45) is 0.547. The maximum Gasteiger partial charge on any atom is 0.261 e. The van der Waals surface area contributed by atoms with E-state index in [1.165, 1.54) is 13.1 Å². The van der Waals surface area contributed by atoms with Gasteiger partial charge in [0.1, 0.15) is 11.3 Å². The molecule has 0 aliphatic heterocycles. The van der Waals surface area contributed by atoms with E-state index in [1.807, 2.05) is 6.92 Å². The van der Waals surface area contributed by atoms with Crippen LogP contribution in [0.15, 0.2) is 28.8 Å². The normalized spacial score (nSPS) is 10.2. The number of likely N-dealkylation sites (N-methyl/N-ethyl adjacent to an activating group) is 1. The van der Waals surface area contributed by atoms with Crippen molar-refractivity contribution >= 4 is 23.4 Å². The summed E-state index contributed by atoms with van der Waals surface area (Å²) in [6, 6.07) is 6.44. The van der Waals surface area contributed by atoms with Gasteiger partial charge in [-0.15, -0.1) is 0 Å². The van der Waals surface area contributed by atoms with Gasteiger partial charge in [-0.1, -0.05) is 18.1 Å². The highest BCUT2D eigenvalue weighted by atomic mass is 16.5. The molecule has 0 fully saturated rings. The van der Waals surface area contributed by atoms with Crippen LogP contribution in [0.5, 0.6) is 0 Å². The zero-order valence-corrected chi connectivity index (χ0v) is 14.3. The molecule has 25 heavy (non-hydrogen) atoms. The maximum atomic E-state index is 12.4. The molecule has 0 saturated heterocycles. The first kappa shape index (κ1) is 18.2. The Bertz CT molecular complexity index is 798. The van der Waals surface area contributed by atoms with E-state index in [0.717, 1.165) is 0 Å². The van der Waals surface area contributed by atoms with E-state index in [-0.39, 0.29) is 18.4 Å². The summed E-state index contributed by atoms with van der Waals surface area (Å²) in [6.45, 7) is 3.44. The van der Waals surface area contributed by atoms with Gasteiger partial charge in [0.2, 0.25) is 5.91 Å². The second-order valence-corrected chi connectivity index (χ2v) is 5.31. The topological polar surface area (TPSA) is 113 Å². The molecule has 2 aromatic rings. The third-order valence-electron chi connectivity index (χ3n) is 3.55. The number of anilines is 1. The van der Waals surface area contributed by atoms with E-state index in [0.29, 0.717) is 34.7 Å². The van der Waals surface area contributed by atoms with Gasteiger partial charge in [0.05, 0.1) is 12.2 Å². The standard InChI is InChI=1S/C17H20N4O4/c1-4-13-15(10(2)21-25-13)17(24)20-12-7-5-6-11(8-12)16(23)19-9-14(22)18-3/h5-8H,4,9H2,1-3H3,(H,18,22)(H,19,23)(H,20,24). The lowest BCUT2D eigenvalue weighted by Crippen LogP contribution is -2.35. The molecule has 0 aliphatic rings. The third-order valence-corrected chi connectivity index (χ3v) is 3.55. The SMILES string of the molecule is CCc1onc(C)c1C(=O)Nc1cccc(C(=O)NCC(=O)NC)c1. The second-order valence-electron chi connectivity index (χ2n) is 5.31. The van der Waals surface area contributed by atoms with Crippen LogP contribution in [-0.2, 0) is 11.2 Å². The molecule has 1 aromatic carbocycles. The zero-order valence-electron chi connectivity index (χ0n) is 14.3. The summed E-state index contributed by atoms with van der Waals surface area (Å²) in [5, 5.41) is 11.5. The fourth-order valence-corrected chi connectivity index (χ4v) is 2.23. The molecule has 2 rings (SSSR count). The number of aryl methyl sites for hydroxylation is 2. The summed E-state index contributed by atoms with van der Waals surface area (Å²) >= 11 is 0. The minimum absolute atomic E-state index is 0.119. The lowest BCUT2D eigenvalue weighted by molar-refractivity contribution is -0.119. The second kappa shape index (κ2) is 8.09. The molecule has 0 spiro atoms. The van der Waals surface area contributed by atoms with Gasteiger partial charge in [0.15, 0.2) is 0 Å². The van der Waals surface area contributed by atoms with Gasteiger partial charge in [-0.2, -0.15) is 0 Å². The van der Waals surface area contributed by atoms with Crippen molar-refractivity contribution in [3.63, 3.8) is 0 Å². The van der Waals surface area contributed by atoms with E-state index in [1.54, 1.807) is 25.1 Å². The van der Waals surface area contributed by atoms with Crippen LogP contribution in [0.25, 0.3) is 0 Å². The Kier molecular flexibility index (Phi) is 5.89. The van der Waals surface area contributed by atoms with E-state index >= 15 is 0 Å². The molecule has 0 atom stereocenters. The molecule has 8 nitrogen and oxygen atoms in total. The van der Waals surface area contributed by atoms with Crippen LogP contribution in [0.2, 0.25) is 0 Å². The average molecular weight is 344 g/mol. The van der Waals surface area contributed by atoms with Gasteiger partial charge in [0, 0.05) is 24.7 Å². The van der Waals surface area contributed by atoms with E-state index in [9.17, 15) is 14.4 Å². The van der Waals surface area contributed by atoms with Crippen molar-refractivity contribution < 1.29 is 18.9 Å². The number of hydrogen-bond donors (Lipinski definition) is 3. The minimum Gasteiger partial charge on any atom is -0.360 e. The van der Waals surface area contributed by atoms with Gasteiger partial charge >= 0.3 is 0 Å². The van der Waals surface area contributed by atoms with Crippen LogP contribution in [0.3, 0.4) is 0 Å². The Morgan fingerprint density at radius 1 is 1.20 bits per heavy atom. The van der Waals surface area contributed by atoms with Gasteiger partial charge < -0.3 is 20.5 Å². The quantitative estimate of drug-likeness (QED) is 0.730. The fraction of sp³-hybridized carbons (Fsp3) is 0.294. The van der Waals surface area contributed by atoms with Crippen LogP contribution in [0, 0.1) is 6.92 Å². The number of benzene rings is 1. The first-order chi connectivity index (χ1) is 12.0. The van der Waals surface area contributed by atoms with Crippen molar-refractivity contribution in [2.75, 3.05) is 18.9 Å². The van der Waals surface area contributed by atoms with Gasteiger partial charge in [-0.25, -0.2) is 0 Å². The van der Waals surface area contributed by atoms with Crippen LogP contribution >= 0.6 is 0 Å². The summed E-state index contributed by atoms with van der Waals surface area (Å²) < 4.78 is 5.12. The van der Waals surface area contributed by atoms with Crippen molar-refractivity contribution in [2.45, 2.75) is 20.3 Å². The number of hydrogen-bond acceptors (Lipinski definition) is 5. The number of carbonyl (C=O) groups excluding carboxylic acids is 3. The predicted molar refractivity (Wildman–Crippen MR) is 91.4 cm³/mol. The molecule has 3 N–H and O–H groups in total. The van der Waals surface area contributed by atoms with Crippen LogP contribution in [-0.4, -0.2) is 36.5 Å². The predicted octanol–water partition coefficient (Wildman–Crippen LogP) is 1.27. The summed E-state index contributed by atoms with van der Waals surface area (Å²) in [5.74, 6) is -0.545. The van der Waals surface area contributed by atoms with E-state index < -0.39 is 5.91 Å². The highest BCUT2D eigenvalue weighted by Crippen LogP contribution is 2.17. The Morgan fingerprint density at radius 3 is 2.64 bits per heavy atom. The summed E-state index contributed by atoms with van der Waals surface area (Å²) in [5.41, 5.74) is 1.70. The third kappa shape index (κ3) is 4.43. The summed E-state index contributed by atoms with van der Waals surface area (Å²) in [7, 11) is 1.49. The molecule has 0 aliphatic carbocycles. The first-order valence-electron chi connectivity index (χ1n) is 7.81. The Labute approximate surface area is 145 Å². The minimum atomic E-state index is -0.407. The molecule has 0 radical (unpaired) electrons. The Hall–Kier alpha value is -3.16. The van der Waals surface area contributed by atoms with Crippen LogP contribution in [0.4, 0.5) is 5.69 Å². The number of nitrogens with zero attached hydrogens (tertiary/aromatic N) is 1. The van der Waals surface area contributed by atoms with Crippen molar-refractivity contribution in [1.29, 1.82) is 0 Å². The van der Waals surface area contributed by atoms with Crippen molar-refractivity contribution in [1.82, 2.24) is 15.8 Å². The smallest absolute Gasteiger partial charge is 0.261 e. The molecule has 3 amide bonds. The summed E-state index contributed by atoms with van der Waals surface area (Å²) in [4.78, 5) is 35.7. The molecule has 0 bridgehead atoms. The van der Waals surface area contributed by atoms with Gasteiger partial charge in [-0.05, 0) is 25.1 Å². The number of amides is 3. The van der Waals surface area contributed by atoms with E-state index in [2.05, 4.69) is 21.1 Å². The molecule has 132 valence electrons. The number of rotatable bonds is 6. The Balaban J connectivity index is 2.11. The van der Waals surface area contributed by atoms with Crippen molar-refractivity contribution in [3.05, 3.63) is 46.8 Å². The first-order valence-corrected chi connectivity index (χ1v) is 7.81. The van der Waals surface area contributed by atoms with Crippen molar-refractivity contribution in [3.8, 4) is 0 Å². The number of carbonyl (C=O) groups is 3. The number of nitrogens with one attached hydrogen (secondary N) is 3. The zero-order chi connectivity index (χ0) is 18.4. The molecular formula is C17H20N4O4. The fourth-order valence-electron chi connectivity index (χ4n) is 2.23. The molecule has 1 heterocycles. The van der Waals surface area contributed by atoms with Crippen LogP contribution < -0.4 is 16.0 Å². The average Bonchev–Trinajstić information content (AvgIpc) is 3.00. The molecule has 1 aromatic heterocycles. The highest BCUT2D eigenvalue weighted by molar-refractivity contribution is 6.06. The van der Waals surface area contributed by atoms with E-state index in [4.69, 9.17) is 4.52 Å². The van der Waals surface area contributed by atoms with Crippen molar-refractivity contribution in [2.24, 2.45) is 0 Å². The molecule has 8 heteroatoms. The number of aromatic nitrogens is 1. The Morgan fingerprint density at radius 2 is 1.96 bits per heavy atom. The molecule has 0 saturated carbocycles. The lowest BCUT2D eigenvalue weighted by atomic mass is 10.1.